The highest BCUT2D eigenvalue weighted by Gasteiger charge is 2.06. The zero-order valence-corrected chi connectivity index (χ0v) is 9.32. The molecule has 0 aliphatic heterocycles. The Labute approximate surface area is 86.0 Å². The van der Waals surface area contributed by atoms with E-state index < -0.39 is 0 Å². The van der Waals surface area contributed by atoms with Crippen molar-refractivity contribution in [1.29, 1.82) is 0 Å². The van der Waals surface area contributed by atoms with Gasteiger partial charge in [-0.2, -0.15) is 0 Å². The lowest BCUT2D eigenvalue weighted by atomic mass is 10.3. The maximum atomic E-state index is 8.33. The molecule has 0 aromatic carbocycles. The topological polar surface area (TPSA) is 73.9 Å². The molecule has 84 valence electrons. The molecule has 0 rings (SSSR count). The Morgan fingerprint density at radius 1 is 1.50 bits per heavy atom. The van der Waals surface area contributed by atoms with E-state index in [4.69, 9.17) is 10.9 Å². The lowest BCUT2D eigenvalue weighted by molar-refractivity contribution is 0.274. The summed E-state index contributed by atoms with van der Waals surface area (Å²) in [6.45, 7) is 9.87. The average Bonchev–Trinajstić information content (AvgIpc) is 2.22. The van der Waals surface area contributed by atoms with Gasteiger partial charge >= 0.3 is 0 Å². The van der Waals surface area contributed by atoms with E-state index in [1.54, 1.807) is 0 Å². The predicted octanol–water partition coefficient (Wildman–Crippen LogP) is 0.0527. The summed E-state index contributed by atoms with van der Waals surface area (Å²) in [5.41, 5.74) is 5.34. The van der Waals surface area contributed by atoms with E-state index in [1.165, 1.54) is 0 Å². The second kappa shape index (κ2) is 7.58. The summed E-state index contributed by atoms with van der Waals surface area (Å²) in [4.78, 5) is 2.32. The van der Waals surface area contributed by atoms with Crippen LogP contribution in [0.5, 0.6) is 0 Å². The Bertz CT molecular complexity index is 168. The van der Waals surface area contributed by atoms with Crippen LogP contribution in [0.1, 0.15) is 20.8 Å². The van der Waals surface area contributed by atoms with E-state index in [0.717, 1.165) is 19.6 Å². The van der Waals surface area contributed by atoms with Gasteiger partial charge in [-0.3, -0.25) is 0 Å². The molecule has 0 heterocycles. The second-order valence-corrected chi connectivity index (χ2v) is 3.36. The summed E-state index contributed by atoms with van der Waals surface area (Å²) in [6.07, 6.45) is 0. The molecule has 14 heavy (non-hydrogen) atoms. The van der Waals surface area contributed by atoms with Crippen LogP contribution in [0.3, 0.4) is 0 Å². The molecule has 1 atom stereocenters. The molecule has 0 fully saturated rings. The first-order valence-corrected chi connectivity index (χ1v) is 5.06. The van der Waals surface area contributed by atoms with Gasteiger partial charge in [-0.25, -0.2) is 0 Å². The number of amidine groups is 1. The lowest BCUT2D eigenvalue weighted by Gasteiger charge is -2.23. The molecule has 0 spiro atoms. The fourth-order valence-corrected chi connectivity index (χ4v) is 1.25. The van der Waals surface area contributed by atoms with Crippen LogP contribution in [0.4, 0.5) is 0 Å². The molecule has 0 aliphatic rings. The van der Waals surface area contributed by atoms with Crippen LogP contribution < -0.4 is 11.1 Å². The SMILES string of the molecule is CCN(CC)CC(C)NCC(N)=NO. The molecule has 0 aromatic rings. The molecule has 5 nitrogen and oxygen atoms in total. The number of nitrogens with zero attached hydrogens (tertiary/aromatic N) is 2. The maximum absolute atomic E-state index is 8.33. The minimum atomic E-state index is 0.219. The van der Waals surface area contributed by atoms with Crippen molar-refractivity contribution in [2.75, 3.05) is 26.2 Å². The quantitative estimate of drug-likeness (QED) is 0.236. The number of hydrogen-bond acceptors (Lipinski definition) is 4. The van der Waals surface area contributed by atoms with Crippen molar-refractivity contribution in [2.24, 2.45) is 10.9 Å². The molecule has 0 saturated carbocycles. The van der Waals surface area contributed by atoms with E-state index in [1.807, 2.05) is 0 Å². The van der Waals surface area contributed by atoms with Gasteiger partial charge in [0.25, 0.3) is 0 Å². The third-order valence-corrected chi connectivity index (χ3v) is 2.19. The highest BCUT2D eigenvalue weighted by atomic mass is 16.4. The van der Waals surface area contributed by atoms with Gasteiger partial charge in [0.05, 0.1) is 6.54 Å². The number of nitrogens with one attached hydrogen (secondary N) is 1. The number of oxime groups is 1. The summed E-state index contributed by atoms with van der Waals surface area (Å²) in [5.74, 6) is 0.219. The molecule has 0 saturated heterocycles. The van der Waals surface area contributed by atoms with Gasteiger partial charge in [0.1, 0.15) is 0 Å². The molecule has 0 radical (unpaired) electrons. The van der Waals surface area contributed by atoms with E-state index in [9.17, 15) is 0 Å². The Morgan fingerprint density at radius 3 is 2.50 bits per heavy atom. The maximum Gasteiger partial charge on any atom is 0.153 e. The highest BCUT2D eigenvalue weighted by molar-refractivity contribution is 5.81. The number of nitrogens with two attached hydrogens (primary N) is 1. The minimum absolute atomic E-state index is 0.219. The molecule has 1 unspecified atom stereocenters. The number of likely N-dealkylation sites (N-methyl/N-ethyl adjacent to an activating group) is 1. The van der Waals surface area contributed by atoms with Crippen molar-refractivity contribution in [3.8, 4) is 0 Å². The van der Waals surface area contributed by atoms with Crippen LogP contribution >= 0.6 is 0 Å². The molecule has 0 aromatic heterocycles. The van der Waals surface area contributed by atoms with Crippen LogP contribution in [0, 0.1) is 0 Å². The monoisotopic (exact) mass is 202 g/mol. The predicted molar refractivity (Wildman–Crippen MR) is 58.7 cm³/mol. The first kappa shape index (κ1) is 13.2. The standard InChI is InChI=1S/C9H22N4O/c1-4-13(5-2)7-8(3)11-6-9(10)12-14/h8,11,14H,4-7H2,1-3H3,(H2,10,12). The van der Waals surface area contributed by atoms with Crippen molar-refractivity contribution in [3.63, 3.8) is 0 Å². The molecular formula is C9H22N4O. The van der Waals surface area contributed by atoms with Crippen LogP contribution in [-0.4, -0.2) is 48.2 Å². The van der Waals surface area contributed by atoms with Crippen LogP contribution in [-0.2, 0) is 0 Å². The largest absolute Gasteiger partial charge is 0.409 e. The summed E-state index contributed by atoms with van der Waals surface area (Å²) in [7, 11) is 0. The smallest absolute Gasteiger partial charge is 0.153 e. The lowest BCUT2D eigenvalue weighted by Crippen LogP contribution is -2.42. The van der Waals surface area contributed by atoms with Crippen molar-refractivity contribution in [3.05, 3.63) is 0 Å². The summed E-state index contributed by atoms with van der Waals surface area (Å²) in [5, 5.41) is 14.4. The first-order valence-electron chi connectivity index (χ1n) is 5.06. The van der Waals surface area contributed by atoms with Crippen molar-refractivity contribution >= 4 is 5.84 Å². The van der Waals surface area contributed by atoms with Crippen LogP contribution in [0.25, 0.3) is 0 Å². The van der Waals surface area contributed by atoms with Crippen molar-refractivity contribution in [1.82, 2.24) is 10.2 Å². The molecule has 5 heteroatoms. The van der Waals surface area contributed by atoms with Gasteiger partial charge in [-0.15, -0.1) is 0 Å². The van der Waals surface area contributed by atoms with E-state index in [0.29, 0.717) is 12.6 Å². The van der Waals surface area contributed by atoms with Crippen LogP contribution in [0.15, 0.2) is 5.16 Å². The average molecular weight is 202 g/mol. The third-order valence-electron chi connectivity index (χ3n) is 2.19. The molecular weight excluding hydrogens is 180 g/mol. The summed E-state index contributed by atoms with van der Waals surface area (Å²) >= 11 is 0. The Kier molecular flexibility index (Phi) is 7.14. The third kappa shape index (κ3) is 5.77. The fraction of sp³-hybridized carbons (Fsp3) is 0.889. The van der Waals surface area contributed by atoms with Crippen LogP contribution in [0.2, 0.25) is 0 Å². The second-order valence-electron chi connectivity index (χ2n) is 3.36. The van der Waals surface area contributed by atoms with Crippen molar-refractivity contribution in [2.45, 2.75) is 26.8 Å². The zero-order valence-electron chi connectivity index (χ0n) is 9.32. The van der Waals surface area contributed by atoms with Gasteiger partial charge in [-0.05, 0) is 20.0 Å². The minimum Gasteiger partial charge on any atom is -0.409 e. The molecule has 4 N–H and O–H groups in total. The summed E-state index contributed by atoms with van der Waals surface area (Å²) < 4.78 is 0. The van der Waals surface area contributed by atoms with Gasteiger partial charge in [0.15, 0.2) is 5.84 Å². The number of hydrogen-bond donors (Lipinski definition) is 3. The van der Waals surface area contributed by atoms with E-state index in [-0.39, 0.29) is 5.84 Å². The molecule has 0 aliphatic carbocycles. The summed E-state index contributed by atoms with van der Waals surface area (Å²) in [6, 6.07) is 0.343. The van der Waals surface area contributed by atoms with Crippen molar-refractivity contribution < 1.29 is 5.21 Å². The van der Waals surface area contributed by atoms with E-state index >= 15 is 0 Å². The van der Waals surface area contributed by atoms with Gasteiger partial charge in [0, 0.05) is 12.6 Å². The normalized spacial score (nSPS) is 14.7. The Hall–Kier alpha value is -0.810. The Balaban J connectivity index is 3.68. The van der Waals surface area contributed by atoms with Gasteiger partial charge in [-0.1, -0.05) is 19.0 Å². The fourth-order valence-electron chi connectivity index (χ4n) is 1.25. The molecule has 0 bridgehead atoms. The zero-order chi connectivity index (χ0) is 11.0. The highest BCUT2D eigenvalue weighted by Crippen LogP contribution is 1.90. The van der Waals surface area contributed by atoms with Gasteiger partial charge < -0.3 is 21.2 Å². The number of rotatable bonds is 7. The van der Waals surface area contributed by atoms with Gasteiger partial charge in [0.2, 0.25) is 0 Å². The Morgan fingerprint density at radius 2 is 2.07 bits per heavy atom. The molecule has 0 amide bonds. The first-order chi connectivity index (χ1) is 6.63. The van der Waals surface area contributed by atoms with E-state index in [2.05, 4.69) is 36.1 Å².